The first-order chi connectivity index (χ1) is 16.1. The van der Waals surface area contributed by atoms with Gasteiger partial charge in [-0.3, -0.25) is 0 Å². The number of hydrogen-bond acceptors (Lipinski definition) is 0. The quantitative estimate of drug-likeness (QED) is 0.139. The maximum absolute atomic E-state index is 5.32. The van der Waals surface area contributed by atoms with E-state index >= 15 is 0 Å². The minimum Gasteiger partial charge on any atom is -0.358 e. The van der Waals surface area contributed by atoms with Crippen LogP contribution in [-0.2, 0) is 179 Å². The second-order valence-corrected chi connectivity index (χ2v) is 7.10. The summed E-state index contributed by atoms with van der Waals surface area (Å²) >= 11 is 9.98. The molecule has 0 aromatic rings. The Morgan fingerprint density at radius 2 is 0.975 bits per heavy atom. The molecule has 0 unspecified atom stereocenters. The molecule has 216 valence electrons. The minimum atomic E-state index is 0. The van der Waals surface area contributed by atoms with Gasteiger partial charge in [0.05, 0.1) is 0 Å². The van der Waals surface area contributed by atoms with Crippen molar-refractivity contribution in [3.8, 4) is 0 Å². The second-order valence-electron chi connectivity index (χ2n) is 4.24. The molecular formula is C30H43V10-3. The van der Waals surface area contributed by atoms with Crippen LogP contribution in [0, 0.1) is 32.2 Å². The largest absolute Gasteiger partial charge is 0.358 e. The van der Waals surface area contributed by atoms with Gasteiger partial charge in [-0.05, 0) is 0 Å². The molecule has 0 aromatic carbocycles. The van der Waals surface area contributed by atoms with Crippen molar-refractivity contribution < 1.29 is 179 Å². The normalized spacial score (nSPS) is 8.47. The fraction of sp³-hybridized carbons (Fsp3) is 0.300. The van der Waals surface area contributed by atoms with Gasteiger partial charge >= 0.3 is 189 Å². The average Bonchev–Trinajstić information content (AvgIpc) is 2.88. The Bertz CT molecular complexity index is 697. The van der Waals surface area contributed by atoms with Gasteiger partial charge in [0.25, 0.3) is 0 Å². The first-order valence-electron chi connectivity index (χ1n) is 11.2. The molecule has 0 atom stereocenters. The van der Waals surface area contributed by atoms with Crippen molar-refractivity contribution in [3.63, 3.8) is 0 Å². The van der Waals surface area contributed by atoms with Gasteiger partial charge in [0.1, 0.15) is 0 Å². The molecule has 0 nitrogen and oxygen atoms in total. The molecule has 0 aliphatic rings. The van der Waals surface area contributed by atoms with Gasteiger partial charge in [0, 0.05) is 111 Å². The van der Waals surface area contributed by atoms with Crippen LogP contribution >= 0.6 is 0 Å². The third kappa shape index (κ3) is 78.1. The Morgan fingerprint density at radius 3 is 1.38 bits per heavy atom. The molecule has 0 N–H and O–H groups in total. The predicted molar refractivity (Wildman–Crippen MR) is 146 cm³/mol. The van der Waals surface area contributed by atoms with Gasteiger partial charge in [0.15, 0.2) is 0 Å². The molecule has 0 fully saturated rings. The molecule has 0 aromatic heterocycles. The van der Waals surface area contributed by atoms with E-state index in [0.717, 1.165) is 19.1 Å². The molecule has 0 rings (SSSR count). The Balaban J connectivity index is -0.0000000477. The molecule has 0 aliphatic heterocycles. The van der Waals surface area contributed by atoms with Crippen molar-refractivity contribution in [1.29, 1.82) is 0 Å². The van der Waals surface area contributed by atoms with Crippen molar-refractivity contribution in [2.45, 2.75) is 61.8 Å². The second kappa shape index (κ2) is 84.0. The first-order valence-corrected chi connectivity index (χ1v) is 14.1. The van der Waals surface area contributed by atoms with Gasteiger partial charge in [-0.2, -0.15) is 0 Å². The fourth-order valence-corrected chi connectivity index (χ4v) is 2.14. The Morgan fingerprint density at radius 1 is 0.600 bits per heavy atom. The van der Waals surface area contributed by atoms with Gasteiger partial charge < -0.3 is 7.43 Å². The van der Waals surface area contributed by atoms with Crippen LogP contribution < -0.4 is 0 Å². The van der Waals surface area contributed by atoms with Crippen LogP contribution in [0.2, 0.25) is 0 Å². The molecule has 10 heteroatoms. The summed E-state index contributed by atoms with van der Waals surface area (Å²) in [5.41, 5.74) is 0. The van der Waals surface area contributed by atoms with E-state index in [2.05, 4.69) is 86.1 Å². The van der Waals surface area contributed by atoms with Crippen LogP contribution in [0.1, 0.15) is 61.8 Å². The van der Waals surface area contributed by atoms with Crippen LogP contribution in [0.5, 0.6) is 0 Å². The van der Waals surface area contributed by atoms with Crippen LogP contribution in [0.25, 0.3) is 0 Å². The summed E-state index contributed by atoms with van der Waals surface area (Å²) < 4.78 is 5.27. The summed E-state index contributed by atoms with van der Waals surface area (Å²) in [6, 6.07) is 0. The standard InChI is InChI=1S/C21H16.4C2H6.CH3.10V/c1-3-5-7-9-11-13-15-17-19-21-20-18-16-14-12-10-8-6-4-2;4*1-2;;;;;;;;;;;/h1-8,13-18H,21H2;4*1-2H3;1H3;;;;;;;;;;/q-4;;;;;-1;;;;;;;;;;+2. The maximum Gasteiger partial charge on any atom is 0 e. The van der Waals surface area contributed by atoms with E-state index in [1.54, 1.807) is 6.08 Å². The summed E-state index contributed by atoms with van der Waals surface area (Å²) in [5.74, 6) is 0. The molecular weight excluding hydrogens is 870 g/mol. The molecule has 0 saturated carbocycles. The molecule has 6 radical (unpaired) electrons. The minimum absolute atomic E-state index is 0. The average molecular weight is 913 g/mol. The first kappa shape index (κ1) is 79.1. The van der Waals surface area contributed by atoms with E-state index in [0.29, 0.717) is 0 Å². The van der Waals surface area contributed by atoms with Gasteiger partial charge in [-0.15, -0.1) is 0 Å². The summed E-state index contributed by atoms with van der Waals surface area (Å²) in [6.45, 7) is 21.3. The monoisotopic (exact) mass is 913 g/mol. The van der Waals surface area contributed by atoms with Gasteiger partial charge in [0.2, 0.25) is 0 Å². The fourth-order valence-electron chi connectivity index (χ4n) is 1.20. The predicted octanol–water partition coefficient (Wildman–Crippen LogP) is 7.72. The number of allylic oxidation sites excluding steroid dienone is 15. The van der Waals surface area contributed by atoms with Crippen LogP contribution in [-0.4, -0.2) is 17.4 Å². The zero-order valence-corrected chi connectivity index (χ0v) is 39.2. The van der Waals surface area contributed by atoms with Crippen molar-refractivity contribution in [2.75, 3.05) is 0 Å². The molecule has 0 aliphatic carbocycles. The van der Waals surface area contributed by atoms with E-state index in [1.165, 1.54) is 6.08 Å². The molecule has 0 bridgehead atoms. The molecule has 0 amide bonds. The van der Waals surface area contributed by atoms with Crippen LogP contribution in [0.4, 0.5) is 0 Å². The van der Waals surface area contributed by atoms with Gasteiger partial charge in [-0.1, -0.05) is 55.4 Å². The summed E-state index contributed by atoms with van der Waals surface area (Å²) in [4.78, 5) is 0. The van der Waals surface area contributed by atoms with Crippen molar-refractivity contribution in [3.05, 3.63) is 105 Å². The van der Waals surface area contributed by atoms with E-state index in [9.17, 15) is 0 Å². The number of rotatable bonds is 12. The maximum atomic E-state index is 5.32. The van der Waals surface area contributed by atoms with E-state index < -0.39 is 0 Å². The van der Waals surface area contributed by atoms with Crippen molar-refractivity contribution in [1.82, 2.24) is 0 Å². The Kier molecular flexibility index (Phi) is 166. The topological polar surface area (TPSA) is 0 Å². The Hall–Kier alpha value is 3.24. The van der Waals surface area contributed by atoms with Gasteiger partial charge in [-0.25, -0.2) is 0 Å². The van der Waals surface area contributed by atoms with Crippen molar-refractivity contribution in [2.24, 2.45) is 0 Å². The van der Waals surface area contributed by atoms with E-state index in [-0.39, 0.29) is 119 Å². The molecule has 0 spiro atoms. The zero-order valence-electron chi connectivity index (χ0n) is 25.3. The Labute approximate surface area is 358 Å². The summed E-state index contributed by atoms with van der Waals surface area (Å²) in [6.07, 6.45) is 32.4. The zero-order chi connectivity index (χ0) is 26.8. The van der Waals surface area contributed by atoms with Crippen LogP contribution in [0.15, 0.2) is 72.9 Å². The third-order valence-corrected chi connectivity index (χ3v) is 4.72. The third-order valence-electron chi connectivity index (χ3n) is 2.31. The van der Waals surface area contributed by atoms with E-state index in [4.69, 9.17) is 6.58 Å². The van der Waals surface area contributed by atoms with Crippen LogP contribution in [0.3, 0.4) is 0 Å². The number of hydrogen-bond donors (Lipinski definition) is 0. The molecule has 0 saturated heterocycles. The smallest absolute Gasteiger partial charge is 0 e. The van der Waals surface area contributed by atoms with Crippen molar-refractivity contribution >= 4 is 17.4 Å². The molecule has 0 heterocycles. The SMILES string of the molecule is CC.CC.CC.CC.[CH-]=CC=C[C](=[V])[C](=[V])C=CC=[C-]C[C](=[V])C=CC=[C-][C-]=CC=C[CH]=[V+2].[CH3-].[V].[V].[V].[V].[V].[V]. The summed E-state index contributed by atoms with van der Waals surface area (Å²) in [7, 11) is 0. The summed E-state index contributed by atoms with van der Waals surface area (Å²) in [5, 5.41) is 0. The molecule has 40 heavy (non-hydrogen) atoms. The van der Waals surface area contributed by atoms with E-state index in [1.807, 2.05) is 121 Å².